The van der Waals surface area contributed by atoms with Gasteiger partial charge in [-0.25, -0.2) is 0 Å². The van der Waals surface area contributed by atoms with Crippen molar-refractivity contribution in [2.75, 3.05) is 6.61 Å². The summed E-state index contributed by atoms with van der Waals surface area (Å²) in [5, 5.41) is 4.23. The predicted molar refractivity (Wildman–Crippen MR) is 88.2 cm³/mol. The van der Waals surface area contributed by atoms with E-state index in [0.29, 0.717) is 12.5 Å². The standard InChI is InChI=1S/C18H26N2O2/c1-5-14(2)17-6-8-18(9-7-17)22-16(4)21-13-12-20-15(3)10-11-19-20/h6-11,14,16H,5,12-13H2,1-4H3. The molecule has 2 rings (SSSR count). The maximum absolute atomic E-state index is 5.78. The highest BCUT2D eigenvalue weighted by molar-refractivity contribution is 5.29. The van der Waals surface area contributed by atoms with E-state index < -0.39 is 0 Å². The van der Waals surface area contributed by atoms with E-state index in [1.807, 2.05) is 36.7 Å². The minimum Gasteiger partial charge on any atom is -0.465 e. The maximum Gasteiger partial charge on any atom is 0.197 e. The first-order chi connectivity index (χ1) is 10.6. The van der Waals surface area contributed by atoms with E-state index in [4.69, 9.17) is 9.47 Å². The Morgan fingerprint density at radius 2 is 1.86 bits per heavy atom. The third-order valence-electron chi connectivity index (χ3n) is 3.95. The summed E-state index contributed by atoms with van der Waals surface area (Å²) >= 11 is 0. The molecule has 0 fully saturated rings. The molecule has 0 radical (unpaired) electrons. The summed E-state index contributed by atoms with van der Waals surface area (Å²) in [6.07, 6.45) is 2.67. The Hall–Kier alpha value is -1.81. The van der Waals surface area contributed by atoms with Crippen LogP contribution >= 0.6 is 0 Å². The molecule has 4 heteroatoms. The molecule has 1 aromatic heterocycles. The molecule has 0 saturated heterocycles. The number of nitrogens with zero attached hydrogens (tertiary/aromatic N) is 2. The average molecular weight is 302 g/mol. The van der Waals surface area contributed by atoms with E-state index in [0.717, 1.165) is 24.4 Å². The quantitative estimate of drug-likeness (QED) is 0.687. The zero-order valence-electron chi connectivity index (χ0n) is 14.0. The van der Waals surface area contributed by atoms with Crippen molar-refractivity contribution < 1.29 is 9.47 Å². The van der Waals surface area contributed by atoms with Crippen molar-refractivity contribution in [1.29, 1.82) is 0 Å². The number of benzene rings is 1. The van der Waals surface area contributed by atoms with Gasteiger partial charge in [-0.15, -0.1) is 0 Å². The lowest BCUT2D eigenvalue weighted by molar-refractivity contribution is -0.0697. The van der Waals surface area contributed by atoms with Gasteiger partial charge in [-0.2, -0.15) is 5.10 Å². The molecule has 0 spiro atoms. The highest BCUT2D eigenvalue weighted by Crippen LogP contribution is 2.22. The summed E-state index contributed by atoms with van der Waals surface area (Å²) in [6, 6.07) is 10.3. The Morgan fingerprint density at radius 3 is 2.45 bits per heavy atom. The lowest BCUT2D eigenvalue weighted by Crippen LogP contribution is -2.19. The van der Waals surface area contributed by atoms with Gasteiger partial charge in [0.1, 0.15) is 5.75 Å². The molecule has 22 heavy (non-hydrogen) atoms. The molecule has 1 heterocycles. The molecule has 2 aromatic rings. The molecule has 0 saturated carbocycles. The Kier molecular flexibility index (Phi) is 6.01. The van der Waals surface area contributed by atoms with Crippen molar-refractivity contribution in [2.24, 2.45) is 0 Å². The van der Waals surface area contributed by atoms with Crippen LogP contribution in [0, 0.1) is 6.92 Å². The minimum absolute atomic E-state index is 0.273. The lowest BCUT2D eigenvalue weighted by Gasteiger charge is -2.16. The summed E-state index contributed by atoms with van der Waals surface area (Å²) in [7, 11) is 0. The molecule has 2 atom stereocenters. The second-order valence-corrected chi connectivity index (χ2v) is 5.63. The zero-order chi connectivity index (χ0) is 15.9. The van der Waals surface area contributed by atoms with Crippen molar-refractivity contribution in [2.45, 2.75) is 52.9 Å². The van der Waals surface area contributed by atoms with Crippen LogP contribution in [0.3, 0.4) is 0 Å². The summed E-state index contributed by atoms with van der Waals surface area (Å²) < 4.78 is 13.4. The lowest BCUT2D eigenvalue weighted by atomic mass is 9.99. The molecule has 0 bridgehead atoms. The smallest absolute Gasteiger partial charge is 0.197 e. The number of hydrogen-bond acceptors (Lipinski definition) is 3. The molecule has 0 amide bonds. The molecule has 2 unspecified atom stereocenters. The van der Waals surface area contributed by atoms with Gasteiger partial charge >= 0.3 is 0 Å². The minimum atomic E-state index is -0.273. The summed E-state index contributed by atoms with van der Waals surface area (Å²) in [5.41, 5.74) is 2.48. The van der Waals surface area contributed by atoms with Crippen LogP contribution in [0.1, 0.15) is 44.4 Å². The van der Waals surface area contributed by atoms with Crippen LogP contribution in [0.2, 0.25) is 0 Å². The van der Waals surface area contributed by atoms with E-state index in [-0.39, 0.29) is 6.29 Å². The van der Waals surface area contributed by atoms with Crippen molar-refractivity contribution in [3.63, 3.8) is 0 Å². The van der Waals surface area contributed by atoms with Gasteiger partial charge in [0.2, 0.25) is 0 Å². The van der Waals surface area contributed by atoms with Gasteiger partial charge < -0.3 is 9.47 Å². The molecule has 4 nitrogen and oxygen atoms in total. The number of rotatable bonds is 8. The third kappa shape index (κ3) is 4.60. The van der Waals surface area contributed by atoms with Gasteiger partial charge in [-0.3, -0.25) is 4.68 Å². The summed E-state index contributed by atoms with van der Waals surface area (Å²) in [4.78, 5) is 0. The van der Waals surface area contributed by atoms with Crippen molar-refractivity contribution in [3.05, 3.63) is 47.8 Å². The van der Waals surface area contributed by atoms with Crippen LogP contribution in [-0.4, -0.2) is 22.7 Å². The topological polar surface area (TPSA) is 36.3 Å². The second kappa shape index (κ2) is 7.99. The molecule has 0 aliphatic rings. The van der Waals surface area contributed by atoms with Crippen LogP contribution in [0.5, 0.6) is 5.75 Å². The number of aromatic nitrogens is 2. The summed E-state index contributed by atoms with van der Waals surface area (Å²) in [6.45, 7) is 9.70. The highest BCUT2D eigenvalue weighted by Gasteiger charge is 2.07. The fraction of sp³-hybridized carbons (Fsp3) is 0.500. The Balaban J connectivity index is 1.77. The van der Waals surface area contributed by atoms with Gasteiger partial charge in [0.25, 0.3) is 0 Å². The van der Waals surface area contributed by atoms with Crippen LogP contribution in [0.4, 0.5) is 0 Å². The van der Waals surface area contributed by atoms with E-state index in [9.17, 15) is 0 Å². The Morgan fingerprint density at radius 1 is 1.14 bits per heavy atom. The molecule has 0 aliphatic heterocycles. The molecule has 120 valence electrons. The molecular weight excluding hydrogens is 276 g/mol. The van der Waals surface area contributed by atoms with E-state index in [2.05, 4.69) is 31.1 Å². The summed E-state index contributed by atoms with van der Waals surface area (Å²) in [5.74, 6) is 1.43. The monoisotopic (exact) mass is 302 g/mol. The van der Waals surface area contributed by atoms with Crippen LogP contribution in [0.25, 0.3) is 0 Å². The van der Waals surface area contributed by atoms with E-state index >= 15 is 0 Å². The fourth-order valence-electron chi connectivity index (χ4n) is 2.27. The number of ether oxygens (including phenoxy) is 2. The molecule has 0 aliphatic carbocycles. The van der Waals surface area contributed by atoms with Crippen LogP contribution in [-0.2, 0) is 11.3 Å². The van der Waals surface area contributed by atoms with Gasteiger partial charge in [0.05, 0.1) is 13.2 Å². The first-order valence-electron chi connectivity index (χ1n) is 7.96. The first kappa shape index (κ1) is 16.6. The van der Waals surface area contributed by atoms with Gasteiger partial charge in [-0.05, 0) is 49.9 Å². The van der Waals surface area contributed by atoms with E-state index in [1.165, 1.54) is 5.56 Å². The molecule has 0 N–H and O–H groups in total. The van der Waals surface area contributed by atoms with Gasteiger partial charge in [0.15, 0.2) is 6.29 Å². The van der Waals surface area contributed by atoms with Crippen molar-refractivity contribution >= 4 is 0 Å². The average Bonchev–Trinajstić information content (AvgIpc) is 2.92. The van der Waals surface area contributed by atoms with Crippen LogP contribution < -0.4 is 4.74 Å². The molecule has 1 aromatic carbocycles. The zero-order valence-corrected chi connectivity index (χ0v) is 14.0. The van der Waals surface area contributed by atoms with Gasteiger partial charge in [-0.1, -0.05) is 26.0 Å². The second-order valence-electron chi connectivity index (χ2n) is 5.63. The Bertz CT molecular complexity index is 563. The normalized spacial score (nSPS) is 13.8. The SMILES string of the molecule is CCC(C)c1ccc(OC(C)OCCn2nccc2C)cc1. The predicted octanol–water partition coefficient (Wildman–Crippen LogP) is 4.15. The fourth-order valence-corrected chi connectivity index (χ4v) is 2.27. The third-order valence-corrected chi connectivity index (χ3v) is 3.95. The maximum atomic E-state index is 5.78. The van der Waals surface area contributed by atoms with Crippen molar-refractivity contribution in [1.82, 2.24) is 9.78 Å². The number of aryl methyl sites for hydroxylation is 1. The number of hydrogen-bond donors (Lipinski definition) is 0. The molecular formula is C18H26N2O2. The Labute approximate surface area is 133 Å². The first-order valence-corrected chi connectivity index (χ1v) is 7.96. The van der Waals surface area contributed by atoms with Gasteiger partial charge in [0, 0.05) is 11.9 Å². The van der Waals surface area contributed by atoms with E-state index in [1.54, 1.807) is 6.20 Å². The highest BCUT2D eigenvalue weighted by atomic mass is 16.7. The van der Waals surface area contributed by atoms with Crippen molar-refractivity contribution in [3.8, 4) is 5.75 Å². The largest absolute Gasteiger partial charge is 0.465 e. The van der Waals surface area contributed by atoms with Crippen LogP contribution in [0.15, 0.2) is 36.5 Å².